The van der Waals surface area contributed by atoms with E-state index >= 15 is 0 Å². The Labute approximate surface area is 118 Å². The Kier molecular flexibility index (Phi) is 3.35. The van der Waals surface area contributed by atoms with Crippen LogP contribution >= 0.6 is 0 Å². The van der Waals surface area contributed by atoms with E-state index in [1.807, 2.05) is 22.9 Å². The Morgan fingerprint density at radius 3 is 2.65 bits per heavy atom. The molecule has 106 valence electrons. The molecule has 1 unspecified atom stereocenters. The first-order valence-electron chi connectivity index (χ1n) is 6.62. The number of sulfone groups is 1. The van der Waals surface area contributed by atoms with Gasteiger partial charge in [-0.2, -0.15) is 0 Å². The molecule has 1 aliphatic rings. The van der Waals surface area contributed by atoms with Gasteiger partial charge in [-0.1, -0.05) is 0 Å². The molecule has 0 amide bonds. The SMILES string of the molecule is CS(=O)(=O)c1ccc(-n2cncc2C2CCCN2)cc1. The largest absolute Gasteiger partial charge is 0.309 e. The average molecular weight is 291 g/mol. The lowest BCUT2D eigenvalue weighted by Crippen LogP contribution is -2.16. The molecule has 1 saturated heterocycles. The maximum absolute atomic E-state index is 11.5. The number of rotatable bonds is 3. The van der Waals surface area contributed by atoms with Crippen molar-refractivity contribution < 1.29 is 8.42 Å². The predicted molar refractivity (Wildman–Crippen MR) is 76.7 cm³/mol. The van der Waals surface area contributed by atoms with Gasteiger partial charge in [0.1, 0.15) is 0 Å². The van der Waals surface area contributed by atoms with Crippen molar-refractivity contribution in [3.05, 3.63) is 42.5 Å². The van der Waals surface area contributed by atoms with E-state index in [1.54, 1.807) is 18.5 Å². The van der Waals surface area contributed by atoms with Gasteiger partial charge in [-0.05, 0) is 43.7 Å². The summed E-state index contributed by atoms with van der Waals surface area (Å²) in [5.41, 5.74) is 2.05. The molecule has 0 bridgehead atoms. The van der Waals surface area contributed by atoms with Crippen LogP contribution in [0.2, 0.25) is 0 Å². The first kappa shape index (κ1) is 13.3. The molecule has 6 heteroatoms. The first-order valence-corrected chi connectivity index (χ1v) is 8.51. The van der Waals surface area contributed by atoms with E-state index in [0.717, 1.165) is 24.3 Å². The van der Waals surface area contributed by atoms with Crippen molar-refractivity contribution in [2.45, 2.75) is 23.8 Å². The number of hydrogen-bond acceptors (Lipinski definition) is 4. The fourth-order valence-electron chi connectivity index (χ4n) is 2.57. The van der Waals surface area contributed by atoms with Gasteiger partial charge in [0.05, 0.1) is 23.1 Å². The highest BCUT2D eigenvalue weighted by Crippen LogP contribution is 2.25. The fraction of sp³-hybridized carbons (Fsp3) is 0.357. The molecule has 1 aromatic carbocycles. The number of hydrogen-bond donors (Lipinski definition) is 1. The zero-order chi connectivity index (χ0) is 14.2. The summed E-state index contributed by atoms with van der Waals surface area (Å²) in [7, 11) is -3.15. The Morgan fingerprint density at radius 2 is 2.05 bits per heavy atom. The van der Waals surface area contributed by atoms with E-state index in [1.165, 1.54) is 12.7 Å². The summed E-state index contributed by atoms with van der Waals surface area (Å²) in [6, 6.07) is 7.23. The quantitative estimate of drug-likeness (QED) is 0.935. The van der Waals surface area contributed by atoms with Gasteiger partial charge < -0.3 is 9.88 Å². The number of aromatic nitrogens is 2. The highest BCUT2D eigenvalue weighted by Gasteiger charge is 2.20. The molecule has 0 aliphatic carbocycles. The monoisotopic (exact) mass is 291 g/mol. The normalized spacial score (nSPS) is 19.4. The Bertz CT molecular complexity index is 698. The third-order valence-corrected chi connectivity index (χ3v) is 4.76. The maximum atomic E-state index is 11.5. The van der Waals surface area contributed by atoms with Crippen molar-refractivity contribution in [2.75, 3.05) is 12.8 Å². The Morgan fingerprint density at radius 1 is 1.30 bits per heavy atom. The summed E-state index contributed by atoms with van der Waals surface area (Å²) in [5.74, 6) is 0. The topological polar surface area (TPSA) is 64.0 Å². The molecule has 3 rings (SSSR count). The van der Waals surface area contributed by atoms with Crippen LogP contribution in [-0.2, 0) is 9.84 Å². The van der Waals surface area contributed by atoms with E-state index in [2.05, 4.69) is 10.3 Å². The lowest BCUT2D eigenvalue weighted by atomic mass is 10.1. The van der Waals surface area contributed by atoms with Gasteiger partial charge in [-0.25, -0.2) is 13.4 Å². The Hall–Kier alpha value is -1.66. The minimum absolute atomic E-state index is 0.326. The summed E-state index contributed by atoms with van der Waals surface area (Å²) < 4.78 is 25.0. The first-order chi connectivity index (χ1) is 9.55. The summed E-state index contributed by atoms with van der Waals surface area (Å²) in [5, 5.41) is 3.45. The molecule has 1 aliphatic heterocycles. The van der Waals surface area contributed by atoms with E-state index in [9.17, 15) is 8.42 Å². The summed E-state index contributed by atoms with van der Waals surface area (Å²) >= 11 is 0. The van der Waals surface area contributed by atoms with E-state index in [-0.39, 0.29) is 0 Å². The lowest BCUT2D eigenvalue weighted by Gasteiger charge is -2.14. The van der Waals surface area contributed by atoms with Crippen molar-refractivity contribution in [1.29, 1.82) is 0 Å². The van der Waals surface area contributed by atoms with Gasteiger partial charge in [0.15, 0.2) is 9.84 Å². The second kappa shape index (κ2) is 5.03. The second-order valence-corrected chi connectivity index (χ2v) is 7.12. The second-order valence-electron chi connectivity index (χ2n) is 5.10. The van der Waals surface area contributed by atoms with Gasteiger partial charge in [-0.3, -0.25) is 0 Å². The van der Waals surface area contributed by atoms with E-state index in [4.69, 9.17) is 0 Å². The molecule has 0 saturated carbocycles. The fourth-order valence-corrected chi connectivity index (χ4v) is 3.20. The van der Waals surface area contributed by atoms with Gasteiger partial charge in [0, 0.05) is 18.0 Å². The predicted octanol–water partition coefficient (Wildman–Crippen LogP) is 1.70. The summed E-state index contributed by atoms with van der Waals surface area (Å²) in [4.78, 5) is 4.55. The zero-order valence-corrected chi connectivity index (χ0v) is 12.1. The van der Waals surface area contributed by atoms with Gasteiger partial charge in [0.25, 0.3) is 0 Å². The molecule has 1 N–H and O–H groups in total. The lowest BCUT2D eigenvalue weighted by molar-refractivity contribution is 0.601. The molecule has 20 heavy (non-hydrogen) atoms. The van der Waals surface area contributed by atoms with Crippen LogP contribution in [0.4, 0.5) is 0 Å². The van der Waals surface area contributed by atoms with Crippen LogP contribution in [0.3, 0.4) is 0 Å². The molecular weight excluding hydrogens is 274 g/mol. The highest BCUT2D eigenvalue weighted by molar-refractivity contribution is 7.90. The number of imidazole rings is 1. The molecule has 5 nitrogen and oxygen atoms in total. The van der Waals surface area contributed by atoms with Crippen LogP contribution < -0.4 is 5.32 Å². The van der Waals surface area contributed by atoms with Crippen LogP contribution in [0.5, 0.6) is 0 Å². The molecule has 2 aromatic rings. The van der Waals surface area contributed by atoms with E-state index < -0.39 is 9.84 Å². The minimum atomic E-state index is -3.15. The standard InChI is InChI=1S/C14H17N3O2S/c1-20(18,19)12-6-4-11(5-7-12)17-10-15-9-14(17)13-3-2-8-16-13/h4-7,9-10,13,16H,2-3,8H2,1H3. The van der Waals surface area contributed by atoms with Crippen LogP contribution in [0.25, 0.3) is 5.69 Å². The van der Waals surface area contributed by atoms with Crippen molar-refractivity contribution in [3.63, 3.8) is 0 Å². The van der Waals surface area contributed by atoms with Crippen molar-refractivity contribution in [1.82, 2.24) is 14.9 Å². The van der Waals surface area contributed by atoms with Crippen LogP contribution in [0.1, 0.15) is 24.6 Å². The van der Waals surface area contributed by atoms with Crippen molar-refractivity contribution >= 4 is 9.84 Å². The van der Waals surface area contributed by atoms with Crippen molar-refractivity contribution in [2.24, 2.45) is 0 Å². The average Bonchev–Trinajstić information content (AvgIpc) is 3.08. The van der Waals surface area contributed by atoms with Crippen LogP contribution in [0.15, 0.2) is 41.7 Å². The maximum Gasteiger partial charge on any atom is 0.175 e. The number of benzene rings is 1. The van der Waals surface area contributed by atoms with Gasteiger partial charge in [0.2, 0.25) is 0 Å². The molecular formula is C14H17N3O2S. The molecule has 2 heterocycles. The molecule has 0 spiro atoms. The highest BCUT2D eigenvalue weighted by atomic mass is 32.2. The summed E-state index contributed by atoms with van der Waals surface area (Å²) in [6.07, 6.45) is 7.13. The van der Waals surface area contributed by atoms with Gasteiger partial charge >= 0.3 is 0 Å². The van der Waals surface area contributed by atoms with Crippen LogP contribution in [-0.4, -0.2) is 30.8 Å². The Balaban J connectivity index is 1.95. The van der Waals surface area contributed by atoms with E-state index in [0.29, 0.717) is 10.9 Å². The smallest absolute Gasteiger partial charge is 0.175 e. The third kappa shape index (κ3) is 2.48. The molecule has 0 radical (unpaired) electrons. The molecule has 1 fully saturated rings. The van der Waals surface area contributed by atoms with Crippen molar-refractivity contribution in [3.8, 4) is 5.69 Å². The summed E-state index contributed by atoms with van der Waals surface area (Å²) in [6.45, 7) is 1.03. The molecule has 1 atom stereocenters. The third-order valence-electron chi connectivity index (χ3n) is 3.63. The number of nitrogens with zero attached hydrogens (tertiary/aromatic N) is 2. The van der Waals surface area contributed by atoms with Gasteiger partial charge in [-0.15, -0.1) is 0 Å². The molecule has 1 aromatic heterocycles. The van der Waals surface area contributed by atoms with Crippen LogP contribution in [0, 0.1) is 0 Å². The minimum Gasteiger partial charge on any atom is -0.309 e. The zero-order valence-electron chi connectivity index (χ0n) is 11.3. The number of nitrogens with one attached hydrogen (secondary N) is 1.